The number of Topliss-reactive ketones (excluding diaryl/α,β-unsaturated/α-hetero) is 1. The number of morpholine rings is 1. The van der Waals surface area contributed by atoms with Gasteiger partial charge in [-0.2, -0.15) is 0 Å². The lowest BCUT2D eigenvalue weighted by molar-refractivity contribution is -0.131. The average Bonchev–Trinajstić information content (AvgIpc) is 2.72. The van der Waals surface area contributed by atoms with Gasteiger partial charge in [0, 0.05) is 26.1 Å². The summed E-state index contributed by atoms with van der Waals surface area (Å²) in [5, 5.41) is 13.7. The van der Waals surface area contributed by atoms with E-state index < -0.39 is 6.10 Å². The van der Waals surface area contributed by atoms with Crippen LogP contribution in [0.3, 0.4) is 0 Å². The van der Waals surface area contributed by atoms with E-state index in [4.69, 9.17) is 10.5 Å². The van der Waals surface area contributed by atoms with Gasteiger partial charge in [-0.25, -0.2) is 0 Å². The van der Waals surface area contributed by atoms with E-state index in [1.165, 1.54) is 0 Å². The maximum Gasteiger partial charge on any atom is 0.163 e. The van der Waals surface area contributed by atoms with Crippen LogP contribution in [0, 0.1) is 0 Å². The molecule has 0 bridgehead atoms. The first-order valence-corrected chi connectivity index (χ1v) is 9.08. The van der Waals surface area contributed by atoms with Crippen LogP contribution in [0.1, 0.15) is 34.8 Å². The Bertz CT molecular complexity index is 707. The molecular formula is C21H26N2O3. The number of aryl methyl sites for hydroxylation is 1. The Morgan fingerprint density at radius 2 is 1.73 bits per heavy atom. The molecule has 1 saturated heterocycles. The number of carbonyl (C=O) groups excluding carboxylic acids is 1. The van der Waals surface area contributed by atoms with Gasteiger partial charge in [0.05, 0.1) is 6.61 Å². The number of aliphatic hydroxyl groups excluding tert-OH is 1. The Morgan fingerprint density at radius 1 is 1.12 bits per heavy atom. The lowest BCUT2D eigenvalue weighted by Crippen LogP contribution is -2.43. The van der Waals surface area contributed by atoms with Gasteiger partial charge >= 0.3 is 0 Å². The van der Waals surface area contributed by atoms with Gasteiger partial charge in [-0.1, -0.05) is 48.5 Å². The molecule has 3 rings (SSSR count). The topological polar surface area (TPSA) is 84.6 Å². The van der Waals surface area contributed by atoms with Gasteiger partial charge in [0.2, 0.25) is 0 Å². The van der Waals surface area contributed by atoms with E-state index >= 15 is 0 Å². The second-order valence-electron chi connectivity index (χ2n) is 6.62. The number of carbonyl (C=O) groups is 1. The van der Waals surface area contributed by atoms with E-state index in [1.807, 2.05) is 48.5 Å². The van der Waals surface area contributed by atoms with E-state index in [0.717, 1.165) is 28.8 Å². The molecule has 2 unspecified atom stereocenters. The predicted octanol–water partition coefficient (Wildman–Crippen LogP) is 1.72. The molecule has 0 saturated carbocycles. The molecule has 1 aliphatic heterocycles. The van der Waals surface area contributed by atoms with Gasteiger partial charge in [0.1, 0.15) is 12.2 Å². The average molecular weight is 354 g/mol. The summed E-state index contributed by atoms with van der Waals surface area (Å²) >= 11 is 0. The molecule has 0 spiro atoms. The third-order valence-electron chi connectivity index (χ3n) is 4.77. The maximum absolute atomic E-state index is 12.2. The number of rotatable bonds is 7. The molecule has 1 aliphatic rings. The van der Waals surface area contributed by atoms with E-state index in [2.05, 4.69) is 5.32 Å². The maximum atomic E-state index is 12.2. The van der Waals surface area contributed by atoms with Crippen molar-refractivity contribution < 1.29 is 14.6 Å². The van der Waals surface area contributed by atoms with Crippen LogP contribution in [0.5, 0.6) is 0 Å². The van der Waals surface area contributed by atoms with Crippen molar-refractivity contribution in [1.29, 1.82) is 0 Å². The van der Waals surface area contributed by atoms with Gasteiger partial charge in [-0.3, -0.25) is 4.79 Å². The minimum atomic E-state index is -0.667. The Balaban J connectivity index is 1.56. The quantitative estimate of drug-likeness (QED) is 0.705. The molecule has 4 N–H and O–H groups in total. The first kappa shape index (κ1) is 18.7. The van der Waals surface area contributed by atoms with Crippen LogP contribution in [0.25, 0.3) is 0 Å². The van der Waals surface area contributed by atoms with Gasteiger partial charge < -0.3 is 20.9 Å². The van der Waals surface area contributed by atoms with Crippen molar-refractivity contribution >= 4 is 5.78 Å². The molecule has 26 heavy (non-hydrogen) atoms. The van der Waals surface area contributed by atoms with Gasteiger partial charge in [0.25, 0.3) is 0 Å². The minimum Gasteiger partial charge on any atom is -0.384 e. The summed E-state index contributed by atoms with van der Waals surface area (Å²) in [7, 11) is 0. The summed E-state index contributed by atoms with van der Waals surface area (Å²) < 4.78 is 5.49. The molecule has 0 aliphatic carbocycles. The summed E-state index contributed by atoms with van der Waals surface area (Å²) in [6, 6.07) is 15.4. The molecule has 0 aromatic heterocycles. The zero-order chi connectivity index (χ0) is 18.4. The van der Waals surface area contributed by atoms with Gasteiger partial charge in [0.15, 0.2) is 5.78 Å². The lowest BCUT2D eigenvalue weighted by atomic mass is 9.97. The minimum absolute atomic E-state index is 0.140. The number of nitrogens with two attached hydrogens (primary N) is 1. The van der Waals surface area contributed by atoms with Crippen molar-refractivity contribution in [2.24, 2.45) is 5.73 Å². The molecule has 2 aromatic carbocycles. The number of hydrogen-bond acceptors (Lipinski definition) is 5. The SMILES string of the molecule is NCc1ccc(C(O)c2ccc(CCC(=O)C3CNCCO3)cc2)cc1. The highest BCUT2D eigenvalue weighted by atomic mass is 16.5. The van der Waals surface area contributed by atoms with Crippen molar-refractivity contribution in [2.75, 3.05) is 19.7 Å². The normalized spacial score (nSPS) is 18.5. The Morgan fingerprint density at radius 3 is 2.27 bits per heavy atom. The van der Waals surface area contributed by atoms with Crippen molar-refractivity contribution in [3.63, 3.8) is 0 Å². The molecule has 138 valence electrons. The predicted molar refractivity (Wildman–Crippen MR) is 101 cm³/mol. The fourth-order valence-electron chi connectivity index (χ4n) is 3.10. The monoisotopic (exact) mass is 354 g/mol. The van der Waals surface area contributed by atoms with Crippen molar-refractivity contribution in [2.45, 2.75) is 31.6 Å². The molecule has 5 nitrogen and oxygen atoms in total. The van der Waals surface area contributed by atoms with E-state index in [-0.39, 0.29) is 11.9 Å². The molecule has 2 atom stereocenters. The summed E-state index contributed by atoms with van der Waals surface area (Å²) in [6.45, 7) is 2.50. The second kappa shape index (κ2) is 9.05. The van der Waals surface area contributed by atoms with E-state index in [0.29, 0.717) is 32.5 Å². The zero-order valence-electron chi connectivity index (χ0n) is 14.9. The molecule has 1 heterocycles. The fourth-order valence-corrected chi connectivity index (χ4v) is 3.10. The number of aliphatic hydroxyl groups is 1. The highest BCUT2D eigenvalue weighted by Crippen LogP contribution is 2.23. The van der Waals surface area contributed by atoms with Crippen LogP contribution in [0.15, 0.2) is 48.5 Å². The van der Waals surface area contributed by atoms with Crippen LogP contribution in [0.4, 0.5) is 0 Å². The third-order valence-corrected chi connectivity index (χ3v) is 4.77. The van der Waals surface area contributed by atoms with Gasteiger partial charge in [-0.15, -0.1) is 0 Å². The van der Waals surface area contributed by atoms with E-state index in [1.54, 1.807) is 0 Å². The molecule has 5 heteroatoms. The zero-order valence-corrected chi connectivity index (χ0v) is 14.9. The second-order valence-corrected chi connectivity index (χ2v) is 6.62. The Labute approximate surface area is 154 Å². The number of hydrogen-bond donors (Lipinski definition) is 3. The van der Waals surface area contributed by atoms with Crippen LogP contribution in [0.2, 0.25) is 0 Å². The molecular weight excluding hydrogens is 328 g/mol. The summed E-state index contributed by atoms with van der Waals surface area (Å²) in [4.78, 5) is 12.2. The third kappa shape index (κ3) is 4.77. The number of benzene rings is 2. The standard InChI is InChI=1S/C21H26N2O3/c22-13-16-3-8-18(9-4-16)21(25)17-6-1-15(2-7-17)5-10-19(24)20-14-23-11-12-26-20/h1-4,6-9,20-21,23,25H,5,10-14,22H2. The number of ether oxygens (including phenoxy) is 1. The van der Waals surface area contributed by atoms with E-state index in [9.17, 15) is 9.90 Å². The number of nitrogens with one attached hydrogen (secondary N) is 1. The fraction of sp³-hybridized carbons (Fsp3) is 0.381. The van der Waals surface area contributed by atoms with Crippen molar-refractivity contribution in [3.05, 3.63) is 70.8 Å². The Kier molecular flexibility index (Phi) is 6.52. The summed E-state index contributed by atoms with van der Waals surface area (Å²) in [6.07, 6.45) is 0.162. The number of ketones is 1. The molecule has 0 amide bonds. The van der Waals surface area contributed by atoms with Crippen LogP contribution in [-0.2, 0) is 22.5 Å². The molecule has 0 radical (unpaired) electrons. The van der Waals surface area contributed by atoms with Crippen LogP contribution in [-0.4, -0.2) is 36.7 Å². The lowest BCUT2D eigenvalue weighted by Gasteiger charge is -2.22. The first-order valence-electron chi connectivity index (χ1n) is 9.08. The van der Waals surface area contributed by atoms with Crippen LogP contribution >= 0.6 is 0 Å². The largest absolute Gasteiger partial charge is 0.384 e. The summed E-state index contributed by atoms with van der Waals surface area (Å²) in [5.41, 5.74) is 9.40. The van der Waals surface area contributed by atoms with Crippen molar-refractivity contribution in [3.8, 4) is 0 Å². The smallest absolute Gasteiger partial charge is 0.163 e. The highest BCUT2D eigenvalue weighted by Gasteiger charge is 2.21. The highest BCUT2D eigenvalue weighted by molar-refractivity contribution is 5.83. The summed E-state index contributed by atoms with van der Waals surface area (Å²) in [5.74, 6) is 0.140. The first-order chi connectivity index (χ1) is 12.7. The molecule has 2 aromatic rings. The van der Waals surface area contributed by atoms with Gasteiger partial charge in [-0.05, 0) is 28.7 Å². The molecule has 1 fully saturated rings. The Hall–Kier alpha value is -2.05. The van der Waals surface area contributed by atoms with Crippen LogP contribution < -0.4 is 11.1 Å². The van der Waals surface area contributed by atoms with Crippen molar-refractivity contribution in [1.82, 2.24) is 5.32 Å².